The van der Waals surface area contributed by atoms with Crippen LogP contribution in [0, 0.1) is 29.1 Å². The highest BCUT2D eigenvalue weighted by Crippen LogP contribution is 2.73. The number of carbonyl (C=O) groups excluding carboxylic acids is 2. The molecular formula is C15H16O2. The van der Waals surface area contributed by atoms with Crippen molar-refractivity contribution in [1.82, 2.24) is 0 Å². The van der Waals surface area contributed by atoms with Crippen molar-refractivity contribution in [2.24, 2.45) is 29.1 Å². The highest BCUT2D eigenvalue weighted by atomic mass is 16.1. The molecule has 17 heavy (non-hydrogen) atoms. The van der Waals surface area contributed by atoms with Crippen LogP contribution >= 0.6 is 0 Å². The number of ketones is 2. The lowest BCUT2D eigenvalue weighted by Crippen LogP contribution is -2.38. The SMILES string of the molecule is CC1=C(C)C(=O)[C@H]2[C@@H](C1=O)[C@H]1C=C[C@@H]2C12CC2. The van der Waals surface area contributed by atoms with Gasteiger partial charge in [0.25, 0.3) is 0 Å². The lowest BCUT2D eigenvalue weighted by Gasteiger charge is -2.31. The van der Waals surface area contributed by atoms with E-state index in [0.29, 0.717) is 28.4 Å². The first kappa shape index (κ1) is 9.81. The minimum atomic E-state index is -0.0244. The second-order valence-corrected chi connectivity index (χ2v) is 6.20. The number of hydrogen-bond donors (Lipinski definition) is 0. The predicted molar refractivity (Wildman–Crippen MR) is 63.2 cm³/mol. The highest BCUT2D eigenvalue weighted by molar-refractivity contribution is 6.14. The van der Waals surface area contributed by atoms with Crippen LogP contribution in [0.4, 0.5) is 0 Å². The summed E-state index contributed by atoms with van der Waals surface area (Å²) in [5.41, 5.74) is 1.74. The van der Waals surface area contributed by atoms with Gasteiger partial charge in [-0.1, -0.05) is 12.2 Å². The van der Waals surface area contributed by atoms with Crippen molar-refractivity contribution in [2.75, 3.05) is 0 Å². The van der Waals surface area contributed by atoms with E-state index in [4.69, 9.17) is 0 Å². The zero-order valence-electron chi connectivity index (χ0n) is 10.2. The van der Waals surface area contributed by atoms with Gasteiger partial charge in [-0.2, -0.15) is 0 Å². The molecule has 1 spiro atoms. The fourth-order valence-electron chi connectivity index (χ4n) is 4.58. The quantitative estimate of drug-likeness (QED) is 0.596. The molecule has 0 amide bonds. The fourth-order valence-corrected chi connectivity index (χ4v) is 4.58. The highest BCUT2D eigenvalue weighted by Gasteiger charge is 2.70. The predicted octanol–water partition coefficient (Wildman–Crippen LogP) is 2.30. The second kappa shape index (κ2) is 2.63. The molecule has 0 aromatic rings. The molecule has 0 saturated heterocycles. The first-order valence-corrected chi connectivity index (χ1v) is 6.52. The first-order valence-electron chi connectivity index (χ1n) is 6.52. The maximum Gasteiger partial charge on any atom is 0.163 e. The Balaban J connectivity index is 1.89. The molecule has 4 aliphatic rings. The van der Waals surface area contributed by atoms with Crippen LogP contribution in [0.25, 0.3) is 0 Å². The topological polar surface area (TPSA) is 34.1 Å². The Labute approximate surface area is 101 Å². The third kappa shape index (κ3) is 0.873. The molecular weight excluding hydrogens is 212 g/mol. The average Bonchev–Trinajstić information content (AvgIpc) is 2.99. The van der Waals surface area contributed by atoms with Gasteiger partial charge in [0.05, 0.1) is 0 Å². The van der Waals surface area contributed by atoms with Crippen LogP contribution in [0.3, 0.4) is 0 Å². The van der Waals surface area contributed by atoms with Crippen LogP contribution < -0.4 is 0 Å². The molecule has 0 heterocycles. The van der Waals surface area contributed by atoms with Gasteiger partial charge in [0.2, 0.25) is 0 Å². The van der Waals surface area contributed by atoms with Gasteiger partial charge < -0.3 is 0 Å². The smallest absolute Gasteiger partial charge is 0.163 e. The van der Waals surface area contributed by atoms with Crippen molar-refractivity contribution in [2.45, 2.75) is 26.7 Å². The third-order valence-corrected chi connectivity index (χ3v) is 5.75. The van der Waals surface area contributed by atoms with Gasteiger partial charge in [0.1, 0.15) is 0 Å². The standard InChI is InChI=1S/C15H16O2/c1-7-8(2)14(17)12-10-4-3-9(11(12)13(7)16)15(10)5-6-15/h3-4,9-12H,5-6H2,1-2H3/t9-,10+,11+,12-. The van der Waals surface area contributed by atoms with Crippen molar-refractivity contribution < 1.29 is 9.59 Å². The number of rotatable bonds is 0. The van der Waals surface area contributed by atoms with E-state index in [1.807, 2.05) is 13.8 Å². The van der Waals surface area contributed by atoms with E-state index in [1.54, 1.807) is 0 Å². The van der Waals surface area contributed by atoms with E-state index >= 15 is 0 Å². The van der Waals surface area contributed by atoms with Gasteiger partial charge in [0, 0.05) is 11.8 Å². The molecule has 4 rings (SSSR count). The summed E-state index contributed by atoms with van der Waals surface area (Å²) in [7, 11) is 0. The number of hydrogen-bond acceptors (Lipinski definition) is 2. The average molecular weight is 228 g/mol. The molecule has 2 fully saturated rings. The molecule has 0 aliphatic heterocycles. The molecule has 2 bridgehead atoms. The van der Waals surface area contributed by atoms with Crippen LogP contribution in [-0.2, 0) is 9.59 Å². The van der Waals surface area contributed by atoms with Crippen LogP contribution in [0.5, 0.6) is 0 Å². The molecule has 0 aromatic heterocycles. The summed E-state index contributed by atoms with van der Waals surface area (Å²) >= 11 is 0. The molecule has 2 heteroatoms. The fraction of sp³-hybridized carbons (Fsp3) is 0.600. The Morgan fingerprint density at radius 2 is 1.35 bits per heavy atom. The monoisotopic (exact) mass is 228 g/mol. The van der Waals surface area contributed by atoms with Gasteiger partial charge in [-0.3, -0.25) is 9.59 Å². The lowest BCUT2D eigenvalue weighted by atomic mass is 9.70. The van der Waals surface area contributed by atoms with E-state index in [9.17, 15) is 9.59 Å². The number of carbonyl (C=O) groups is 2. The third-order valence-electron chi connectivity index (χ3n) is 5.75. The second-order valence-electron chi connectivity index (χ2n) is 6.20. The Morgan fingerprint density at radius 1 is 0.941 bits per heavy atom. The number of allylic oxidation sites excluding steroid dienone is 4. The molecule has 0 aromatic carbocycles. The molecule has 2 saturated carbocycles. The summed E-state index contributed by atoms with van der Waals surface area (Å²) in [5, 5.41) is 0. The first-order chi connectivity index (χ1) is 8.08. The Kier molecular flexibility index (Phi) is 1.52. The van der Waals surface area contributed by atoms with Crippen LogP contribution in [0.2, 0.25) is 0 Å². The number of fused-ring (bicyclic) bond motifs is 3. The van der Waals surface area contributed by atoms with Crippen molar-refractivity contribution in [3.63, 3.8) is 0 Å². The van der Waals surface area contributed by atoms with E-state index in [2.05, 4.69) is 12.2 Å². The van der Waals surface area contributed by atoms with Gasteiger partial charge in [-0.15, -0.1) is 0 Å². The van der Waals surface area contributed by atoms with E-state index in [1.165, 1.54) is 12.8 Å². The van der Waals surface area contributed by atoms with Crippen molar-refractivity contribution >= 4 is 11.6 Å². The number of Topliss-reactive ketones (excluding diaryl/α,β-unsaturated/α-hetero) is 2. The maximum absolute atomic E-state index is 12.4. The van der Waals surface area contributed by atoms with Gasteiger partial charge >= 0.3 is 0 Å². The zero-order chi connectivity index (χ0) is 11.9. The molecule has 2 nitrogen and oxygen atoms in total. The van der Waals surface area contributed by atoms with E-state index in [-0.39, 0.29) is 23.4 Å². The van der Waals surface area contributed by atoms with Gasteiger partial charge in [-0.05, 0) is 55.1 Å². The van der Waals surface area contributed by atoms with Gasteiger partial charge in [0.15, 0.2) is 11.6 Å². The maximum atomic E-state index is 12.4. The molecule has 0 unspecified atom stereocenters. The largest absolute Gasteiger partial charge is 0.294 e. The normalized spacial score (nSPS) is 44.8. The van der Waals surface area contributed by atoms with Crippen LogP contribution in [0.15, 0.2) is 23.3 Å². The summed E-state index contributed by atoms with van der Waals surface area (Å²) in [6.45, 7) is 3.64. The summed E-state index contributed by atoms with van der Waals surface area (Å²) in [6, 6.07) is 0. The van der Waals surface area contributed by atoms with E-state index < -0.39 is 0 Å². The Bertz CT molecular complexity index is 477. The van der Waals surface area contributed by atoms with Crippen molar-refractivity contribution in [3.8, 4) is 0 Å². The van der Waals surface area contributed by atoms with Gasteiger partial charge in [-0.25, -0.2) is 0 Å². The summed E-state index contributed by atoms with van der Waals surface area (Å²) in [5.74, 6) is 1.16. The molecule has 4 aliphatic carbocycles. The molecule has 4 atom stereocenters. The minimum absolute atomic E-state index is 0.0244. The zero-order valence-corrected chi connectivity index (χ0v) is 10.2. The summed E-state index contributed by atoms with van der Waals surface area (Å²) < 4.78 is 0. The van der Waals surface area contributed by atoms with Crippen molar-refractivity contribution in [1.29, 1.82) is 0 Å². The van der Waals surface area contributed by atoms with Crippen LogP contribution in [0.1, 0.15) is 26.7 Å². The van der Waals surface area contributed by atoms with Crippen LogP contribution in [-0.4, -0.2) is 11.6 Å². The summed E-state index contributed by atoms with van der Waals surface area (Å²) in [4.78, 5) is 24.8. The summed E-state index contributed by atoms with van der Waals surface area (Å²) in [6.07, 6.45) is 6.86. The Morgan fingerprint density at radius 3 is 1.71 bits per heavy atom. The van der Waals surface area contributed by atoms with E-state index in [0.717, 1.165) is 0 Å². The molecule has 88 valence electrons. The molecule has 0 N–H and O–H groups in total. The van der Waals surface area contributed by atoms with Crippen molar-refractivity contribution in [3.05, 3.63) is 23.3 Å². The minimum Gasteiger partial charge on any atom is -0.294 e. The Hall–Kier alpha value is -1.18. The lowest BCUT2D eigenvalue weighted by molar-refractivity contribution is -0.130. The molecule has 0 radical (unpaired) electrons.